The van der Waals surface area contributed by atoms with Gasteiger partial charge in [0.15, 0.2) is 0 Å². The summed E-state index contributed by atoms with van der Waals surface area (Å²) in [5.41, 5.74) is 0. The van der Waals surface area contributed by atoms with E-state index in [1.807, 2.05) is 0 Å². The van der Waals surface area contributed by atoms with Gasteiger partial charge in [0.05, 0.1) is 25.4 Å². The van der Waals surface area contributed by atoms with Gasteiger partial charge in [0, 0.05) is 0 Å². The van der Waals surface area contributed by atoms with Crippen LogP contribution < -0.4 is 0 Å². The fraction of sp³-hybridized carbons (Fsp3) is 1.00. The molecule has 2 nitrogen and oxygen atoms in total. The van der Waals surface area contributed by atoms with Gasteiger partial charge in [0.2, 0.25) is 0 Å². The van der Waals surface area contributed by atoms with Crippen molar-refractivity contribution in [1.82, 2.24) is 0 Å². The summed E-state index contributed by atoms with van der Waals surface area (Å²) in [4.78, 5) is 0. The Bertz CT molecular complexity index is 143. The SMILES string of the molecule is CC(C)OC[C@H]1C[C@@H](C(C)C)CO1. The minimum Gasteiger partial charge on any atom is -0.376 e. The van der Waals surface area contributed by atoms with Gasteiger partial charge in [-0.15, -0.1) is 0 Å². The van der Waals surface area contributed by atoms with Gasteiger partial charge in [0.1, 0.15) is 0 Å². The molecule has 0 spiro atoms. The van der Waals surface area contributed by atoms with Gasteiger partial charge in [0.25, 0.3) is 0 Å². The van der Waals surface area contributed by atoms with Crippen LogP contribution in [0.2, 0.25) is 0 Å². The summed E-state index contributed by atoms with van der Waals surface area (Å²) in [6.45, 7) is 10.3. The van der Waals surface area contributed by atoms with Crippen LogP contribution in [0.3, 0.4) is 0 Å². The van der Waals surface area contributed by atoms with Gasteiger partial charge in [-0.25, -0.2) is 0 Å². The standard InChI is InChI=1S/C11H22O2/c1-8(2)10-5-11(13-6-10)7-12-9(3)4/h8-11H,5-7H2,1-4H3/t10-,11-/m1/s1. The molecule has 0 aromatic carbocycles. The third kappa shape index (κ3) is 3.65. The summed E-state index contributed by atoms with van der Waals surface area (Å²) in [6, 6.07) is 0. The molecule has 0 bridgehead atoms. The van der Waals surface area contributed by atoms with Gasteiger partial charge in [-0.05, 0) is 32.1 Å². The molecule has 0 radical (unpaired) electrons. The van der Waals surface area contributed by atoms with Crippen molar-refractivity contribution in [3.8, 4) is 0 Å². The Balaban J connectivity index is 2.17. The van der Waals surface area contributed by atoms with E-state index in [0.717, 1.165) is 25.0 Å². The normalized spacial score (nSPS) is 29.1. The van der Waals surface area contributed by atoms with Gasteiger partial charge >= 0.3 is 0 Å². The van der Waals surface area contributed by atoms with E-state index in [1.54, 1.807) is 0 Å². The van der Waals surface area contributed by atoms with Crippen LogP contribution in [0.1, 0.15) is 34.1 Å². The van der Waals surface area contributed by atoms with E-state index in [-0.39, 0.29) is 0 Å². The molecule has 1 aliphatic heterocycles. The summed E-state index contributed by atoms with van der Waals surface area (Å²) in [5.74, 6) is 1.48. The van der Waals surface area contributed by atoms with Crippen molar-refractivity contribution in [1.29, 1.82) is 0 Å². The van der Waals surface area contributed by atoms with Crippen LogP contribution in [-0.4, -0.2) is 25.4 Å². The van der Waals surface area contributed by atoms with Crippen molar-refractivity contribution in [2.45, 2.75) is 46.3 Å². The van der Waals surface area contributed by atoms with Crippen LogP contribution in [0, 0.1) is 11.8 Å². The van der Waals surface area contributed by atoms with Crippen LogP contribution >= 0.6 is 0 Å². The van der Waals surface area contributed by atoms with E-state index in [0.29, 0.717) is 12.2 Å². The zero-order valence-electron chi connectivity index (χ0n) is 9.25. The van der Waals surface area contributed by atoms with E-state index in [2.05, 4.69) is 27.7 Å². The second-order valence-electron chi connectivity index (χ2n) is 4.58. The first kappa shape index (κ1) is 11.0. The molecule has 0 saturated carbocycles. The van der Waals surface area contributed by atoms with Crippen molar-refractivity contribution in [2.75, 3.05) is 13.2 Å². The highest BCUT2D eigenvalue weighted by Crippen LogP contribution is 2.26. The molecule has 13 heavy (non-hydrogen) atoms. The van der Waals surface area contributed by atoms with Crippen molar-refractivity contribution in [2.24, 2.45) is 11.8 Å². The zero-order valence-corrected chi connectivity index (χ0v) is 9.25. The molecule has 1 aliphatic rings. The molecule has 2 atom stereocenters. The van der Waals surface area contributed by atoms with Gasteiger partial charge in [-0.3, -0.25) is 0 Å². The average molecular weight is 186 g/mol. The highest BCUT2D eigenvalue weighted by molar-refractivity contribution is 4.75. The quantitative estimate of drug-likeness (QED) is 0.671. The highest BCUT2D eigenvalue weighted by Gasteiger charge is 2.27. The lowest BCUT2D eigenvalue weighted by Gasteiger charge is -2.13. The molecule has 0 N–H and O–H groups in total. The van der Waals surface area contributed by atoms with E-state index >= 15 is 0 Å². The zero-order chi connectivity index (χ0) is 9.84. The predicted octanol–water partition coefficient (Wildman–Crippen LogP) is 2.47. The van der Waals surface area contributed by atoms with Crippen LogP contribution in [0.4, 0.5) is 0 Å². The van der Waals surface area contributed by atoms with Gasteiger partial charge in [-0.2, -0.15) is 0 Å². The Morgan fingerprint density at radius 2 is 2.00 bits per heavy atom. The molecule has 2 heteroatoms. The molecule has 1 saturated heterocycles. The average Bonchev–Trinajstić information content (AvgIpc) is 2.48. The molecule has 0 aromatic rings. The minimum atomic E-state index is 0.321. The lowest BCUT2D eigenvalue weighted by atomic mass is 9.93. The van der Waals surface area contributed by atoms with Crippen LogP contribution in [0.25, 0.3) is 0 Å². The third-order valence-electron chi connectivity index (χ3n) is 2.67. The van der Waals surface area contributed by atoms with Crippen molar-refractivity contribution >= 4 is 0 Å². The van der Waals surface area contributed by atoms with Crippen LogP contribution in [-0.2, 0) is 9.47 Å². The maximum absolute atomic E-state index is 5.65. The van der Waals surface area contributed by atoms with E-state index < -0.39 is 0 Å². The Hall–Kier alpha value is -0.0800. The molecule has 1 fully saturated rings. The predicted molar refractivity (Wildman–Crippen MR) is 53.8 cm³/mol. The fourth-order valence-electron chi connectivity index (χ4n) is 1.61. The largest absolute Gasteiger partial charge is 0.376 e. The first-order chi connectivity index (χ1) is 6.09. The monoisotopic (exact) mass is 186 g/mol. The highest BCUT2D eigenvalue weighted by atomic mass is 16.5. The molecule has 0 amide bonds. The number of hydrogen-bond acceptors (Lipinski definition) is 2. The molecule has 0 aromatic heterocycles. The Kier molecular flexibility index (Phi) is 4.20. The Morgan fingerprint density at radius 1 is 1.31 bits per heavy atom. The smallest absolute Gasteiger partial charge is 0.0812 e. The Labute approximate surface area is 81.6 Å². The number of ether oxygens (including phenoxy) is 2. The summed E-state index contributed by atoms with van der Waals surface area (Å²) >= 11 is 0. The first-order valence-corrected chi connectivity index (χ1v) is 5.32. The maximum Gasteiger partial charge on any atom is 0.0812 e. The lowest BCUT2D eigenvalue weighted by molar-refractivity contribution is -0.00817. The summed E-state index contributed by atoms with van der Waals surface area (Å²) in [5, 5.41) is 0. The first-order valence-electron chi connectivity index (χ1n) is 5.32. The van der Waals surface area contributed by atoms with Crippen LogP contribution in [0.5, 0.6) is 0 Å². The second kappa shape index (κ2) is 4.97. The molecule has 78 valence electrons. The van der Waals surface area contributed by atoms with Crippen LogP contribution in [0.15, 0.2) is 0 Å². The molecular weight excluding hydrogens is 164 g/mol. The summed E-state index contributed by atoms with van der Waals surface area (Å²) < 4.78 is 11.2. The van der Waals surface area contributed by atoms with E-state index in [9.17, 15) is 0 Å². The van der Waals surface area contributed by atoms with Crippen molar-refractivity contribution in [3.63, 3.8) is 0 Å². The van der Waals surface area contributed by atoms with Crippen molar-refractivity contribution < 1.29 is 9.47 Å². The van der Waals surface area contributed by atoms with Gasteiger partial charge in [-0.1, -0.05) is 13.8 Å². The van der Waals surface area contributed by atoms with E-state index in [4.69, 9.17) is 9.47 Å². The molecule has 0 aliphatic carbocycles. The third-order valence-corrected chi connectivity index (χ3v) is 2.67. The number of rotatable bonds is 4. The van der Waals surface area contributed by atoms with E-state index in [1.165, 1.54) is 6.42 Å². The van der Waals surface area contributed by atoms with Gasteiger partial charge < -0.3 is 9.47 Å². The summed E-state index contributed by atoms with van der Waals surface area (Å²) in [7, 11) is 0. The summed E-state index contributed by atoms with van der Waals surface area (Å²) in [6.07, 6.45) is 1.83. The van der Waals surface area contributed by atoms with Crippen molar-refractivity contribution in [3.05, 3.63) is 0 Å². The topological polar surface area (TPSA) is 18.5 Å². The fourth-order valence-corrected chi connectivity index (χ4v) is 1.61. The number of hydrogen-bond donors (Lipinski definition) is 0. The molecule has 1 rings (SSSR count). The lowest BCUT2D eigenvalue weighted by Crippen LogP contribution is -2.18. The molecule has 0 unspecified atom stereocenters. The Morgan fingerprint density at radius 3 is 2.46 bits per heavy atom. The molecule has 1 heterocycles. The second-order valence-corrected chi connectivity index (χ2v) is 4.58. The molecular formula is C11H22O2. The minimum absolute atomic E-state index is 0.321. The maximum atomic E-state index is 5.65.